The van der Waals surface area contributed by atoms with E-state index in [1.807, 2.05) is 0 Å². The van der Waals surface area contributed by atoms with Crippen molar-refractivity contribution in [1.29, 1.82) is 0 Å². The topological polar surface area (TPSA) is 75.6 Å². The first-order valence-electron chi connectivity index (χ1n) is 6.41. The molecule has 1 aromatic rings. The molecule has 1 aromatic carbocycles. The van der Waals surface area contributed by atoms with Crippen LogP contribution in [0.1, 0.15) is 25.7 Å². The fourth-order valence-corrected chi connectivity index (χ4v) is 4.30. The first-order chi connectivity index (χ1) is 9.42. The molecule has 1 saturated carbocycles. The average molecular weight is 320 g/mol. The highest BCUT2D eigenvalue weighted by atomic mass is 35.5. The summed E-state index contributed by atoms with van der Waals surface area (Å²) in [5, 5.41) is 9.73. The Hall–Kier alpha value is -0.820. The van der Waals surface area contributed by atoms with Crippen molar-refractivity contribution in [3.05, 3.63) is 23.2 Å². The molecule has 20 heavy (non-hydrogen) atoms. The number of aliphatic hydroxyl groups excluding tert-OH is 1. The molecule has 0 saturated heterocycles. The second kappa shape index (κ2) is 5.89. The molecule has 0 atom stereocenters. The second-order valence-corrected chi connectivity index (χ2v) is 7.14. The van der Waals surface area contributed by atoms with Crippen LogP contribution >= 0.6 is 11.6 Å². The Morgan fingerprint density at radius 1 is 1.40 bits per heavy atom. The number of hydrogen-bond acceptors (Lipinski definition) is 4. The van der Waals surface area contributed by atoms with Crippen LogP contribution in [-0.4, -0.2) is 32.8 Å². The lowest BCUT2D eigenvalue weighted by molar-refractivity contribution is 0.185. The first kappa shape index (κ1) is 15.6. The Morgan fingerprint density at radius 2 is 2.05 bits per heavy atom. The van der Waals surface area contributed by atoms with Crippen molar-refractivity contribution >= 4 is 21.6 Å². The Bertz CT molecular complexity index is 582. The van der Waals surface area contributed by atoms with Gasteiger partial charge in [-0.15, -0.1) is 0 Å². The molecule has 1 aliphatic carbocycles. The van der Waals surface area contributed by atoms with Gasteiger partial charge in [0.1, 0.15) is 5.75 Å². The van der Waals surface area contributed by atoms with E-state index < -0.39 is 15.6 Å². The van der Waals surface area contributed by atoms with Crippen LogP contribution in [0.3, 0.4) is 0 Å². The molecule has 7 heteroatoms. The van der Waals surface area contributed by atoms with Crippen molar-refractivity contribution in [2.24, 2.45) is 0 Å². The number of ether oxygens (including phenoxy) is 1. The summed E-state index contributed by atoms with van der Waals surface area (Å²) >= 11 is 5.95. The van der Waals surface area contributed by atoms with Crippen molar-refractivity contribution in [2.45, 2.75) is 36.1 Å². The van der Waals surface area contributed by atoms with Crippen molar-refractivity contribution in [2.75, 3.05) is 13.7 Å². The average Bonchev–Trinajstić information content (AvgIpc) is 2.87. The monoisotopic (exact) mass is 319 g/mol. The number of hydrogen-bond donors (Lipinski definition) is 2. The molecule has 0 aromatic heterocycles. The van der Waals surface area contributed by atoms with Gasteiger partial charge in [0.05, 0.1) is 29.2 Å². The van der Waals surface area contributed by atoms with Gasteiger partial charge in [0.25, 0.3) is 0 Å². The molecule has 5 nitrogen and oxygen atoms in total. The summed E-state index contributed by atoms with van der Waals surface area (Å²) in [7, 11) is -2.25. The van der Waals surface area contributed by atoms with Crippen LogP contribution in [0.25, 0.3) is 0 Å². The summed E-state index contributed by atoms with van der Waals surface area (Å²) in [6, 6.07) is 4.30. The van der Waals surface area contributed by atoms with E-state index in [1.54, 1.807) is 0 Å². The molecule has 0 amide bonds. The minimum atomic E-state index is -3.71. The van der Waals surface area contributed by atoms with Crippen LogP contribution < -0.4 is 9.46 Å². The predicted octanol–water partition coefficient (Wildman–Crippen LogP) is 1.93. The maximum absolute atomic E-state index is 12.4. The van der Waals surface area contributed by atoms with E-state index in [4.69, 9.17) is 16.3 Å². The fraction of sp³-hybridized carbons (Fsp3) is 0.538. The molecule has 0 aliphatic heterocycles. The Labute approximate surface area is 124 Å². The van der Waals surface area contributed by atoms with Gasteiger partial charge in [-0.2, -0.15) is 0 Å². The molecule has 2 N–H and O–H groups in total. The standard InChI is InChI=1S/C13H18ClNO4S/c1-19-12-5-4-10(8-11(12)14)20(17,18)15-13(9-16)6-2-3-7-13/h4-5,8,15-16H,2-3,6-7,9H2,1H3. The molecular weight excluding hydrogens is 302 g/mol. The predicted molar refractivity (Wildman–Crippen MR) is 76.6 cm³/mol. The highest BCUT2D eigenvalue weighted by Gasteiger charge is 2.37. The normalized spacial score (nSPS) is 18.1. The highest BCUT2D eigenvalue weighted by Crippen LogP contribution is 2.32. The second-order valence-electron chi connectivity index (χ2n) is 5.05. The largest absolute Gasteiger partial charge is 0.495 e. The van der Waals surface area contributed by atoms with E-state index in [0.29, 0.717) is 18.6 Å². The summed E-state index contributed by atoms with van der Waals surface area (Å²) in [6.45, 7) is -0.198. The molecule has 112 valence electrons. The third kappa shape index (κ3) is 3.09. The van der Waals surface area contributed by atoms with Crippen LogP contribution in [-0.2, 0) is 10.0 Å². The van der Waals surface area contributed by atoms with E-state index in [1.165, 1.54) is 25.3 Å². The Morgan fingerprint density at radius 3 is 2.55 bits per heavy atom. The van der Waals surface area contributed by atoms with Crippen LogP contribution in [0.2, 0.25) is 5.02 Å². The summed E-state index contributed by atoms with van der Waals surface area (Å²) in [5.41, 5.74) is -0.745. The van der Waals surface area contributed by atoms with Crippen molar-refractivity contribution in [3.8, 4) is 5.75 Å². The zero-order valence-electron chi connectivity index (χ0n) is 11.2. The Kier molecular flexibility index (Phi) is 4.59. The van der Waals surface area contributed by atoms with E-state index in [2.05, 4.69) is 4.72 Å². The lowest BCUT2D eigenvalue weighted by atomic mass is 10.0. The lowest BCUT2D eigenvalue weighted by Crippen LogP contribution is -2.49. The molecule has 2 rings (SSSR count). The molecule has 1 aliphatic rings. The molecular formula is C13H18ClNO4S. The molecule has 0 radical (unpaired) electrons. The van der Waals surface area contributed by atoms with Gasteiger partial charge in [0.2, 0.25) is 10.0 Å². The quantitative estimate of drug-likeness (QED) is 0.869. The maximum atomic E-state index is 12.4. The van der Waals surface area contributed by atoms with E-state index in [0.717, 1.165) is 12.8 Å². The number of methoxy groups -OCH3 is 1. The summed E-state index contributed by atoms with van der Waals surface area (Å²) < 4.78 is 32.4. The fourth-order valence-electron chi connectivity index (χ4n) is 2.50. The van der Waals surface area contributed by atoms with Crippen LogP contribution in [0.4, 0.5) is 0 Å². The molecule has 0 heterocycles. The van der Waals surface area contributed by atoms with Gasteiger partial charge in [-0.3, -0.25) is 0 Å². The number of benzene rings is 1. The van der Waals surface area contributed by atoms with Crippen LogP contribution in [0, 0.1) is 0 Å². The zero-order valence-corrected chi connectivity index (χ0v) is 12.8. The van der Waals surface area contributed by atoms with Crippen molar-refractivity contribution in [3.63, 3.8) is 0 Å². The van der Waals surface area contributed by atoms with Gasteiger partial charge >= 0.3 is 0 Å². The smallest absolute Gasteiger partial charge is 0.241 e. The minimum absolute atomic E-state index is 0.0722. The number of sulfonamides is 1. The summed E-state index contributed by atoms with van der Waals surface area (Å²) in [6.07, 6.45) is 3.11. The molecule has 0 bridgehead atoms. The molecule has 0 spiro atoms. The summed E-state index contributed by atoms with van der Waals surface area (Å²) in [4.78, 5) is 0.0722. The molecule has 1 fully saturated rings. The van der Waals surface area contributed by atoms with Crippen LogP contribution in [0.5, 0.6) is 5.75 Å². The van der Waals surface area contributed by atoms with E-state index in [9.17, 15) is 13.5 Å². The highest BCUT2D eigenvalue weighted by molar-refractivity contribution is 7.89. The Balaban J connectivity index is 2.28. The third-order valence-electron chi connectivity index (χ3n) is 3.65. The van der Waals surface area contributed by atoms with Gasteiger partial charge in [-0.05, 0) is 31.0 Å². The number of aliphatic hydroxyl groups is 1. The number of rotatable bonds is 5. The van der Waals surface area contributed by atoms with Crippen molar-refractivity contribution in [1.82, 2.24) is 4.72 Å². The van der Waals surface area contributed by atoms with Gasteiger partial charge in [-0.25, -0.2) is 13.1 Å². The first-order valence-corrected chi connectivity index (χ1v) is 8.27. The summed E-state index contributed by atoms with van der Waals surface area (Å²) in [5.74, 6) is 0.420. The van der Waals surface area contributed by atoms with Crippen molar-refractivity contribution < 1.29 is 18.3 Å². The van der Waals surface area contributed by atoms with E-state index in [-0.39, 0.29) is 16.5 Å². The van der Waals surface area contributed by atoms with Gasteiger partial charge in [-0.1, -0.05) is 24.4 Å². The number of nitrogens with one attached hydrogen (secondary N) is 1. The van der Waals surface area contributed by atoms with Gasteiger partial charge in [0.15, 0.2) is 0 Å². The van der Waals surface area contributed by atoms with Gasteiger partial charge in [0, 0.05) is 0 Å². The van der Waals surface area contributed by atoms with Gasteiger partial charge < -0.3 is 9.84 Å². The van der Waals surface area contributed by atoms with E-state index >= 15 is 0 Å². The minimum Gasteiger partial charge on any atom is -0.495 e. The zero-order chi connectivity index (χ0) is 14.8. The SMILES string of the molecule is COc1ccc(S(=O)(=O)NC2(CO)CCCC2)cc1Cl. The maximum Gasteiger partial charge on any atom is 0.241 e. The molecule has 0 unspecified atom stereocenters. The number of halogens is 1. The lowest BCUT2D eigenvalue weighted by Gasteiger charge is -2.27. The van der Waals surface area contributed by atoms with Crippen LogP contribution in [0.15, 0.2) is 23.1 Å². The third-order valence-corrected chi connectivity index (χ3v) is 5.52.